The molecule has 18 heavy (non-hydrogen) atoms. The molecule has 0 radical (unpaired) electrons. The Bertz CT molecular complexity index is 282. The van der Waals surface area contributed by atoms with E-state index in [1.54, 1.807) is 0 Å². The van der Waals surface area contributed by atoms with Crippen molar-refractivity contribution in [1.29, 1.82) is 0 Å². The number of rotatable bonds is 4. The minimum atomic E-state index is -1.50. The molecule has 0 saturated carbocycles. The predicted octanol–water partition coefficient (Wildman–Crippen LogP) is 4.87. The van der Waals surface area contributed by atoms with Gasteiger partial charge in [-0.3, -0.25) is 0 Å². The van der Waals surface area contributed by atoms with Gasteiger partial charge in [0.1, 0.15) is 0 Å². The molecule has 0 spiro atoms. The van der Waals surface area contributed by atoms with Crippen molar-refractivity contribution in [3.63, 3.8) is 0 Å². The number of hydrogen-bond acceptors (Lipinski definition) is 1. The molecule has 1 aromatic rings. The predicted molar refractivity (Wildman–Crippen MR) is 78.8 cm³/mol. The summed E-state index contributed by atoms with van der Waals surface area (Å²) in [6.07, 6.45) is 3.73. The van der Waals surface area contributed by atoms with Crippen LogP contribution in [0.2, 0.25) is 19.6 Å². The zero-order valence-corrected chi connectivity index (χ0v) is 14.7. The molecule has 0 N–H and O–H groups in total. The van der Waals surface area contributed by atoms with Gasteiger partial charge in [-0.1, -0.05) is 12.2 Å². The van der Waals surface area contributed by atoms with Crippen LogP contribution in [-0.4, -0.2) is 8.32 Å². The van der Waals surface area contributed by atoms with Gasteiger partial charge in [-0.05, 0) is 19.6 Å². The van der Waals surface area contributed by atoms with E-state index in [9.17, 15) is 0 Å². The molecule has 0 atom stereocenters. The maximum absolute atomic E-state index is 5.97. The fourth-order valence-corrected chi connectivity index (χ4v) is 2.21. The van der Waals surface area contributed by atoms with Crippen molar-refractivity contribution in [2.24, 2.45) is 0 Å². The molecular formula is C15H25OPdSi-3. The van der Waals surface area contributed by atoms with Crippen LogP contribution in [-0.2, 0) is 24.8 Å². The molecular weight excluding hydrogens is 331 g/mol. The third-order valence-corrected chi connectivity index (χ3v) is 2.61. The van der Waals surface area contributed by atoms with Crippen LogP contribution in [0.4, 0.5) is 0 Å². The van der Waals surface area contributed by atoms with Crippen LogP contribution in [0.15, 0.2) is 30.3 Å². The van der Waals surface area contributed by atoms with Gasteiger partial charge in [0.2, 0.25) is 0 Å². The van der Waals surface area contributed by atoms with Crippen molar-refractivity contribution >= 4 is 8.32 Å². The molecule has 0 saturated heterocycles. The Balaban J connectivity index is 0. The third-order valence-electron chi connectivity index (χ3n) is 1.75. The first-order valence-corrected chi connectivity index (χ1v) is 9.49. The van der Waals surface area contributed by atoms with Crippen molar-refractivity contribution in [2.75, 3.05) is 0 Å². The first kappa shape index (κ1) is 20.3. The van der Waals surface area contributed by atoms with Crippen molar-refractivity contribution in [3.8, 4) is 0 Å². The summed E-state index contributed by atoms with van der Waals surface area (Å²) in [4.78, 5) is 0. The molecule has 0 aromatic heterocycles. The minimum Gasteiger partial charge on any atom is -0.450 e. The van der Waals surface area contributed by atoms with E-state index in [1.807, 2.05) is 38.5 Å². The zero-order chi connectivity index (χ0) is 13.3. The van der Waals surface area contributed by atoms with E-state index in [-0.39, 0.29) is 20.4 Å². The first-order valence-electron chi connectivity index (χ1n) is 6.08. The van der Waals surface area contributed by atoms with Gasteiger partial charge in [-0.15, -0.1) is 12.1 Å². The molecule has 0 aliphatic rings. The van der Waals surface area contributed by atoms with E-state index < -0.39 is 8.32 Å². The molecule has 1 nitrogen and oxygen atoms in total. The second kappa shape index (κ2) is 10.8. The SMILES string of the molecule is C[CH-]C.[CH2-]C[C-](O[Si](C)(C)C)c1ccccc1.[Pd]. The molecule has 0 aliphatic heterocycles. The molecule has 1 rings (SSSR count). The summed E-state index contributed by atoms with van der Waals surface area (Å²) in [5, 5.41) is 0. The smallest absolute Gasteiger partial charge is 0.173 e. The Kier molecular flexibility index (Phi) is 12.2. The van der Waals surface area contributed by atoms with E-state index in [1.165, 1.54) is 0 Å². The largest absolute Gasteiger partial charge is 0.450 e. The maximum Gasteiger partial charge on any atom is 0.173 e. The molecule has 0 aliphatic carbocycles. The average molecular weight is 356 g/mol. The number of hydrogen-bond donors (Lipinski definition) is 0. The first-order chi connectivity index (χ1) is 7.94. The van der Waals surface area contributed by atoms with E-state index in [4.69, 9.17) is 4.43 Å². The quantitative estimate of drug-likeness (QED) is 0.553. The van der Waals surface area contributed by atoms with Crippen molar-refractivity contribution in [2.45, 2.75) is 39.9 Å². The molecule has 0 heterocycles. The summed E-state index contributed by atoms with van der Waals surface area (Å²) in [7, 11) is -1.50. The van der Waals surface area contributed by atoms with Gasteiger partial charge in [-0.2, -0.15) is 38.0 Å². The number of benzene rings is 1. The Hall–Kier alpha value is -0.0708. The summed E-state index contributed by atoms with van der Waals surface area (Å²) in [6, 6.07) is 10.2. The second-order valence-electron chi connectivity index (χ2n) is 4.83. The molecule has 0 amide bonds. The standard InChI is InChI=1S/C12H18OSi.C3H7.Pd/c1-5-12(13-14(2,3)4)11-9-7-6-8-10-11;1-3-2;/h6-10H,1,5H2,2-4H3;3H,1-2H3;/q-2;-1;. The third kappa shape index (κ3) is 9.91. The fourth-order valence-electron chi connectivity index (χ4n) is 1.25. The maximum atomic E-state index is 5.97. The van der Waals surface area contributed by atoms with Crippen molar-refractivity contribution in [1.82, 2.24) is 0 Å². The topological polar surface area (TPSA) is 9.23 Å². The van der Waals surface area contributed by atoms with Crippen molar-refractivity contribution < 1.29 is 24.8 Å². The minimum absolute atomic E-state index is 0. The Labute approximate surface area is 128 Å². The van der Waals surface area contributed by atoms with E-state index in [0.717, 1.165) is 11.7 Å². The Morgan fingerprint density at radius 2 is 1.61 bits per heavy atom. The van der Waals surface area contributed by atoms with Gasteiger partial charge >= 0.3 is 0 Å². The van der Waals surface area contributed by atoms with E-state index in [0.29, 0.717) is 6.42 Å². The van der Waals surface area contributed by atoms with Crippen LogP contribution in [0.3, 0.4) is 0 Å². The Morgan fingerprint density at radius 3 is 1.94 bits per heavy atom. The second-order valence-corrected chi connectivity index (χ2v) is 9.26. The van der Waals surface area contributed by atoms with Gasteiger partial charge in [0.15, 0.2) is 8.32 Å². The van der Waals surface area contributed by atoms with Gasteiger partial charge in [-0.25, -0.2) is 0 Å². The van der Waals surface area contributed by atoms with E-state index >= 15 is 0 Å². The Morgan fingerprint density at radius 1 is 1.17 bits per heavy atom. The van der Waals surface area contributed by atoms with Gasteiger partial charge in [0.05, 0.1) is 0 Å². The summed E-state index contributed by atoms with van der Waals surface area (Å²) in [6.45, 7) is 14.5. The van der Waals surface area contributed by atoms with Crippen LogP contribution in [0, 0.1) is 19.4 Å². The summed E-state index contributed by atoms with van der Waals surface area (Å²) < 4.78 is 5.97. The van der Waals surface area contributed by atoms with Crippen LogP contribution in [0.25, 0.3) is 0 Å². The normalized spacial score (nSPS) is 9.89. The molecule has 0 bridgehead atoms. The summed E-state index contributed by atoms with van der Waals surface area (Å²) in [5.74, 6) is 0. The van der Waals surface area contributed by atoms with E-state index in [2.05, 4.69) is 38.7 Å². The zero-order valence-electron chi connectivity index (χ0n) is 12.1. The summed E-state index contributed by atoms with van der Waals surface area (Å²) >= 11 is 0. The molecule has 0 fully saturated rings. The molecule has 1 aromatic carbocycles. The van der Waals surface area contributed by atoms with Gasteiger partial charge in [0, 0.05) is 20.4 Å². The summed E-state index contributed by atoms with van der Waals surface area (Å²) in [5.41, 5.74) is 1.16. The van der Waals surface area contributed by atoms with Crippen LogP contribution in [0.5, 0.6) is 0 Å². The van der Waals surface area contributed by atoms with Gasteiger partial charge < -0.3 is 17.8 Å². The molecule has 0 unspecified atom stereocenters. The fraction of sp³-hybridized carbons (Fsp3) is 0.400. The average Bonchev–Trinajstić information content (AvgIpc) is 2.27. The monoisotopic (exact) mass is 355 g/mol. The van der Waals surface area contributed by atoms with Crippen LogP contribution >= 0.6 is 0 Å². The van der Waals surface area contributed by atoms with Crippen LogP contribution in [0.1, 0.15) is 25.8 Å². The van der Waals surface area contributed by atoms with Crippen molar-refractivity contribution in [3.05, 3.63) is 55.3 Å². The van der Waals surface area contributed by atoms with Crippen LogP contribution < -0.4 is 0 Å². The van der Waals surface area contributed by atoms with Gasteiger partial charge in [0.25, 0.3) is 0 Å². The molecule has 3 heteroatoms. The molecule has 108 valence electrons.